The van der Waals surface area contributed by atoms with Crippen molar-refractivity contribution in [1.82, 2.24) is 0 Å². The number of Topliss-reactive ketones (excluding diaryl/α,β-unsaturated/α-hetero) is 1. The Bertz CT molecular complexity index is 915. The first-order valence-electron chi connectivity index (χ1n) is 12.0. The molecule has 7 atom stereocenters. The van der Waals surface area contributed by atoms with Gasteiger partial charge in [0.25, 0.3) is 0 Å². The number of carbonyl (C=O) groups is 4. The van der Waals surface area contributed by atoms with Crippen LogP contribution in [0.1, 0.15) is 71.6 Å². The van der Waals surface area contributed by atoms with E-state index in [2.05, 4.69) is 6.92 Å². The number of esters is 1. The number of rotatable bonds is 6. The van der Waals surface area contributed by atoms with Crippen molar-refractivity contribution in [3.63, 3.8) is 0 Å². The summed E-state index contributed by atoms with van der Waals surface area (Å²) in [5, 5.41) is 33.4. The molecule has 0 aromatic carbocycles. The summed E-state index contributed by atoms with van der Waals surface area (Å²) in [7, 11) is 0. The summed E-state index contributed by atoms with van der Waals surface area (Å²) in [6, 6.07) is 0. The van der Waals surface area contributed by atoms with E-state index >= 15 is 0 Å². The van der Waals surface area contributed by atoms with Crippen LogP contribution in [0.25, 0.3) is 0 Å². The molecule has 0 bridgehead atoms. The summed E-state index contributed by atoms with van der Waals surface area (Å²) in [6.45, 7) is 3.38. The minimum Gasteiger partial charge on any atom is -0.550 e. The zero-order valence-electron chi connectivity index (χ0n) is 20.3. The molecule has 4 aliphatic rings. The largest absolute Gasteiger partial charge is 1.00 e. The van der Waals surface area contributed by atoms with Crippen LogP contribution in [-0.2, 0) is 23.9 Å². The third-order valence-electron chi connectivity index (χ3n) is 9.41. The molecule has 0 aromatic heterocycles. The first kappa shape index (κ1) is 27.5. The number of allylic oxidation sites excluding steroid dienone is 1. The number of ketones is 2. The van der Waals surface area contributed by atoms with Crippen LogP contribution >= 0.6 is 0 Å². The van der Waals surface area contributed by atoms with Crippen molar-refractivity contribution in [2.45, 2.75) is 83.3 Å². The molecule has 182 valence electrons. The molecule has 8 nitrogen and oxygen atoms in total. The summed E-state index contributed by atoms with van der Waals surface area (Å²) in [6.07, 6.45) is 4.07. The van der Waals surface area contributed by atoms with Gasteiger partial charge in [-0.05, 0) is 74.2 Å². The molecular weight excluding hydrogens is 451 g/mol. The van der Waals surface area contributed by atoms with Crippen molar-refractivity contribution < 1.29 is 68.8 Å². The molecule has 0 amide bonds. The molecule has 2 N–H and O–H groups in total. The summed E-state index contributed by atoms with van der Waals surface area (Å²) in [5.41, 5.74) is -1.71. The van der Waals surface area contributed by atoms with E-state index < -0.39 is 54.3 Å². The molecular formula is C25H33NaO8. The Hall–Kier alpha value is -1.06. The molecule has 0 aromatic rings. The first-order valence-corrected chi connectivity index (χ1v) is 12.0. The minimum absolute atomic E-state index is 0. The average molecular weight is 485 g/mol. The maximum absolute atomic E-state index is 13.1. The van der Waals surface area contributed by atoms with Crippen LogP contribution in [0.3, 0.4) is 0 Å². The molecule has 0 saturated heterocycles. The normalized spacial score (nSPS) is 40.7. The number of carboxylic acid groups (broad SMARTS) is 1. The van der Waals surface area contributed by atoms with Gasteiger partial charge in [-0.2, -0.15) is 0 Å². The van der Waals surface area contributed by atoms with Crippen molar-refractivity contribution in [3.8, 4) is 0 Å². The van der Waals surface area contributed by atoms with Gasteiger partial charge in [-0.1, -0.05) is 19.4 Å². The van der Waals surface area contributed by atoms with E-state index in [9.17, 15) is 34.5 Å². The first-order chi connectivity index (χ1) is 15.4. The Morgan fingerprint density at radius 3 is 2.53 bits per heavy atom. The van der Waals surface area contributed by atoms with Crippen LogP contribution in [-0.4, -0.2) is 52.0 Å². The molecule has 0 unspecified atom stereocenters. The Kier molecular flexibility index (Phi) is 7.91. The fourth-order valence-electron chi connectivity index (χ4n) is 7.69. The topological polar surface area (TPSA) is 141 Å². The van der Waals surface area contributed by atoms with E-state index in [1.54, 1.807) is 6.08 Å². The van der Waals surface area contributed by atoms with E-state index in [0.717, 1.165) is 18.4 Å². The second-order valence-electron chi connectivity index (χ2n) is 10.9. The molecule has 34 heavy (non-hydrogen) atoms. The van der Waals surface area contributed by atoms with E-state index in [1.165, 1.54) is 0 Å². The number of hydrogen-bond donors (Lipinski definition) is 2. The molecule has 0 aliphatic heterocycles. The third-order valence-corrected chi connectivity index (χ3v) is 9.41. The van der Waals surface area contributed by atoms with Crippen molar-refractivity contribution in [3.05, 3.63) is 11.6 Å². The monoisotopic (exact) mass is 484 g/mol. The Morgan fingerprint density at radius 1 is 1.15 bits per heavy atom. The predicted octanol–water partition coefficient (Wildman–Crippen LogP) is -2.13. The van der Waals surface area contributed by atoms with Gasteiger partial charge in [0.2, 0.25) is 5.78 Å². The maximum atomic E-state index is 13.1. The fourth-order valence-corrected chi connectivity index (χ4v) is 7.69. The van der Waals surface area contributed by atoms with Crippen molar-refractivity contribution in [2.24, 2.45) is 28.6 Å². The van der Waals surface area contributed by atoms with Crippen molar-refractivity contribution in [1.29, 1.82) is 0 Å². The number of aliphatic hydroxyl groups is 2. The zero-order valence-corrected chi connectivity index (χ0v) is 22.3. The SMILES string of the molecule is C[C@]12CCC(=O)C=C1CC[C@@H]1[C@@H]2[C@H](O)C[C@@]2(C)[C@H]1CC[C@]2(O)C(=O)COC(=O)CCC(=O)[O-].[Na+]. The van der Waals surface area contributed by atoms with E-state index in [1.807, 2.05) is 6.92 Å². The standard InChI is InChI=1S/C25H34O8.Na/c1-23-9-7-15(26)11-14(23)3-4-16-17-8-10-25(32,24(17,2)12-18(27)22(16)23)19(28)13-33-21(31)6-5-20(29)30;/h11,16-18,22,27,32H,3-10,12-13H2,1-2H3,(H,29,30);/q;+1/p-1/t16-,17-,18+,22+,23-,24-,25-;/m0./s1. The molecule has 0 heterocycles. The Morgan fingerprint density at radius 2 is 1.85 bits per heavy atom. The number of aliphatic carboxylic acids is 1. The number of fused-ring (bicyclic) bond motifs is 5. The number of ether oxygens (including phenoxy) is 1. The van der Waals surface area contributed by atoms with Crippen LogP contribution in [0.2, 0.25) is 0 Å². The Balaban J connectivity index is 0.00000324. The van der Waals surface area contributed by atoms with Gasteiger partial charge in [-0.25, -0.2) is 0 Å². The quantitative estimate of drug-likeness (QED) is 0.322. The number of aliphatic hydroxyl groups excluding tert-OH is 1. The van der Waals surface area contributed by atoms with Gasteiger partial charge < -0.3 is 24.9 Å². The second kappa shape index (κ2) is 9.77. The predicted molar refractivity (Wildman–Crippen MR) is 113 cm³/mol. The van der Waals surface area contributed by atoms with Crippen molar-refractivity contribution in [2.75, 3.05) is 6.61 Å². The summed E-state index contributed by atoms with van der Waals surface area (Å²) < 4.78 is 4.95. The minimum atomic E-state index is -1.72. The molecule has 9 heteroatoms. The second-order valence-corrected chi connectivity index (χ2v) is 10.9. The van der Waals surface area contributed by atoms with Crippen LogP contribution < -0.4 is 34.7 Å². The van der Waals surface area contributed by atoms with Gasteiger partial charge in [0.1, 0.15) is 5.60 Å². The average Bonchev–Trinajstić information content (AvgIpc) is 3.02. The molecule has 4 rings (SSSR count). The summed E-state index contributed by atoms with van der Waals surface area (Å²) >= 11 is 0. The smallest absolute Gasteiger partial charge is 0.550 e. The van der Waals surface area contributed by atoms with Gasteiger partial charge >= 0.3 is 35.5 Å². The van der Waals surface area contributed by atoms with Crippen molar-refractivity contribution >= 4 is 23.5 Å². The van der Waals surface area contributed by atoms with Gasteiger partial charge in [-0.3, -0.25) is 14.4 Å². The molecule has 0 spiro atoms. The van der Waals surface area contributed by atoms with E-state index in [-0.39, 0.29) is 71.4 Å². The number of hydrogen-bond acceptors (Lipinski definition) is 8. The van der Waals surface area contributed by atoms with Crippen LogP contribution in [0.15, 0.2) is 11.6 Å². The number of carboxylic acids is 1. The molecule has 0 radical (unpaired) electrons. The molecule has 4 aliphatic carbocycles. The van der Waals surface area contributed by atoms with Gasteiger partial charge in [-0.15, -0.1) is 0 Å². The maximum Gasteiger partial charge on any atom is 1.00 e. The van der Waals surface area contributed by atoms with Gasteiger partial charge in [0, 0.05) is 17.8 Å². The third kappa shape index (κ3) is 4.34. The zero-order chi connectivity index (χ0) is 24.2. The fraction of sp³-hybridized carbons (Fsp3) is 0.760. The molecule has 3 fully saturated rings. The Labute approximate surface area is 221 Å². The molecule has 3 saturated carbocycles. The summed E-state index contributed by atoms with van der Waals surface area (Å²) in [5.74, 6) is -2.53. The number of carbonyl (C=O) groups excluding carboxylic acids is 4. The van der Waals surface area contributed by atoms with Gasteiger partial charge in [0.15, 0.2) is 12.4 Å². The summed E-state index contributed by atoms with van der Waals surface area (Å²) in [4.78, 5) is 47.3. The van der Waals surface area contributed by atoms with E-state index in [4.69, 9.17) is 4.74 Å². The van der Waals surface area contributed by atoms with Crippen LogP contribution in [0, 0.1) is 28.6 Å². The van der Waals surface area contributed by atoms with Crippen LogP contribution in [0.5, 0.6) is 0 Å². The van der Waals surface area contributed by atoms with E-state index in [0.29, 0.717) is 19.3 Å². The van der Waals surface area contributed by atoms with Gasteiger partial charge in [0.05, 0.1) is 12.5 Å². The van der Waals surface area contributed by atoms with Crippen LogP contribution in [0.4, 0.5) is 0 Å².